The van der Waals surface area contributed by atoms with E-state index in [9.17, 15) is 24.3 Å². The van der Waals surface area contributed by atoms with Crippen molar-refractivity contribution in [3.05, 3.63) is 34.9 Å². The van der Waals surface area contributed by atoms with Crippen molar-refractivity contribution in [3.63, 3.8) is 0 Å². The van der Waals surface area contributed by atoms with E-state index in [4.69, 9.17) is 4.74 Å². The molecule has 2 saturated heterocycles. The van der Waals surface area contributed by atoms with Crippen molar-refractivity contribution in [1.82, 2.24) is 15.1 Å². The normalized spacial score (nSPS) is 29.3. The molecule has 1 aliphatic carbocycles. The molecule has 0 radical (unpaired) electrons. The van der Waals surface area contributed by atoms with Gasteiger partial charge in [0.1, 0.15) is 6.04 Å². The molecule has 1 aromatic rings. The van der Waals surface area contributed by atoms with Crippen molar-refractivity contribution < 1.29 is 29.0 Å². The fourth-order valence-corrected chi connectivity index (χ4v) is 6.07. The van der Waals surface area contributed by atoms with Crippen molar-refractivity contribution in [2.75, 3.05) is 26.7 Å². The summed E-state index contributed by atoms with van der Waals surface area (Å²) in [6, 6.07) is 3.92. The summed E-state index contributed by atoms with van der Waals surface area (Å²) in [4.78, 5) is 53.2. The SMILES string of the molecule is COC1CCC(CN2CCC(O)(c3ccc4c(c3)C(=O)N(C3CCC(=O)NC3=O)C4=O)CC2)CC1. The molecular weight excluding hydrogens is 450 g/mol. The highest BCUT2D eigenvalue weighted by Gasteiger charge is 2.45. The molecule has 1 unspecified atom stereocenters. The van der Waals surface area contributed by atoms with E-state index in [1.54, 1.807) is 25.3 Å². The summed E-state index contributed by atoms with van der Waals surface area (Å²) in [6.45, 7) is 2.57. The number of nitrogens with zero attached hydrogens (tertiary/aromatic N) is 2. The van der Waals surface area contributed by atoms with Gasteiger partial charge >= 0.3 is 0 Å². The zero-order valence-electron chi connectivity index (χ0n) is 20.1. The number of benzene rings is 1. The number of piperidine rings is 2. The number of methoxy groups -OCH3 is 1. The van der Waals surface area contributed by atoms with Crippen LogP contribution in [-0.2, 0) is 19.9 Å². The van der Waals surface area contributed by atoms with E-state index in [1.807, 2.05) is 0 Å². The third-order valence-corrected chi connectivity index (χ3v) is 8.30. The number of likely N-dealkylation sites (tertiary alicyclic amines) is 1. The first-order valence-electron chi connectivity index (χ1n) is 12.6. The Morgan fingerprint density at radius 3 is 2.34 bits per heavy atom. The van der Waals surface area contributed by atoms with E-state index < -0.39 is 35.3 Å². The molecule has 9 nitrogen and oxygen atoms in total. The number of nitrogens with one attached hydrogen (secondary N) is 1. The molecular formula is C26H33N3O6. The van der Waals surface area contributed by atoms with E-state index in [-0.39, 0.29) is 24.0 Å². The summed E-state index contributed by atoms with van der Waals surface area (Å²) in [5.41, 5.74) is 0.00633. The Kier molecular flexibility index (Phi) is 6.50. The smallest absolute Gasteiger partial charge is 0.262 e. The Labute approximate surface area is 204 Å². The van der Waals surface area contributed by atoms with Gasteiger partial charge in [0.25, 0.3) is 11.8 Å². The summed E-state index contributed by atoms with van der Waals surface area (Å²) in [7, 11) is 1.78. The number of rotatable bonds is 5. The third kappa shape index (κ3) is 4.52. The summed E-state index contributed by atoms with van der Waals surface area (Å²) >= 11 is 0. The molecule has 3 fully saturated rings. The molecule has 4 aliphatic rings. The van der Waals surface area contributed by atoms with Crippen molar-refractivity contribution in [1.29, 1.82) is 0 Å². The van der Waals surface area contributed by atoms with Crippen LogP contribution in [0.2, 0.25) is 0 Å². The van der Waals surface area contributed by atoms with Gasteiger partial charge in [0.05, 0.1) is 22.8 Å². The Morgan fingerprint density at radius 1 is 1.00 bits per heavy atom. The number of fused-ring (bicyclic) bond motifs is 1. The van der Waals surface area contributed by atoms with E-state index in [0.717, 1.165) is 37.4 Å². The molecule has 1 aromatic carbocycles. The van der Waals surface area contributed by atoms with Gasteiger partial charge in [-0.3, -0.25) is 29.4 Å². The molecule has 9 heteroatoms. The zero-order valence-corrected chi connectivity index (χ0v) is 20.1. The van der Waals surface area contributed by atoms with E-state index in [1.165, 1.54) is 12.8 Å². The molecule has 188 valence electrons. The maximum absolute atomic E-state index is 13.1. The van der Waals surface area contributed by atoms with Gasteiger partial charge in [-0.25, -0.2) is 0 Å². The highest BCUT2D eigenvalue weighted by atomic mass is 16.5. The van der Waals surface area contributed by atoms with Crippen molar-refractivity contribution in [2.24, 2.45) is 5.92 Å². The third-order valence-electron chi connectivity index (χ3n) is 8.30. The van der Waals surface area contributed by atoms with E-state index in [0.29, 0.717) is 30.4 Å². The molecule has 1 atom stereocenters. The van der Waals surface area contributed by atoms with Crippen LogP contribution in [0.3, 0.4) is 0 Å². The molecule has 3 aliphatic heterocycles. The van der Waals surface area contributed by atoms with Crippen molar-refractivity contribution in [3.8, 4) is 0 Å². The first-order chi connectivity index (χ1) is 16.8. The topological polar surface area (TPSA) is 116 Å². The Balaban J connectivity index is 1.24. The Bertz CT molecular complexity index is 1040. The highest BCUT2D eigenvalue weighted by molar-refractivity contribution is 6.23. The molecule has 5 rings (SSSR count). The molecule has 0 aromatic heterocycles. The second kappa shape index (κ2) is 9.44. The summed E-state index contributed by atoms with van der Waals surface area (Å²) in [5, 5.41) is 13.7. The monoisotopic (exact) mass is 483 g/mol. The minimum atomic E-state index is -1.06. The van der Waals surface area contributed by atoms with Crippen LogP contribution in [-0.4, -0.2) is 77.4 Å². The first kappa shape index (κ1) is 24.1. The van der Waals surface area contributed by atoms with Gasteiger partial charge in [-0.2, -0.15) is 0 Å². The molecule has 3 heterocycles. The van der Waals surface area contributed by atoms with Crippen LogP contribution < -0.4 is 5.32 Å². The average Bonchev–Trinajstić information content (AvgIpc) is 3.11. The van der Waals surface area contributed by atoms with Crippen molar-refractivity contribution in [2.45, 2.75) is 69.1 Å². The lowest BCUT2D eigenvalue weighted by molar-refractivity contribution is -0.136. The molecule has 1 saturated carbocycles. The van der Waals surface area contributed by atoms with Gasteiger partial charge in [-0.1, -0.05) is 6.07 Å². The van der Waals surface area contributed by atoms with Crippen LogP contribution in [0.1, 0.15) is 77.6 Å². The van der Waals surface area contributed by atoms with Crippen LogP contribution in [0.5, 0.6) is 0 Å². The fourth-order valence-electron chi connectivity index (χ4n) is 6.07. The maximum atomic E-state index is 13.1. The summed E-state index contributed by atoms with van der Waals surface area (Å²) in [5.74, 6) is -1.45. The molecule has 35 heavy (non-hydrogen) atoms. The Morgan fingerprint density at radius 2 is 1.69 bits per heavy atom. The quantitative estimate of drug-likeness (QED) is 0.611. The Hall–Kier alpha value is -2.62. The van der Waals surface area contributed by atoms with Gasteiger partial charge in [-0.05, 0) is 68.6 Å². The number of carbonyl (C=O) groups excluding carboxylic acids is 4. The van der Waals surface area contributed by atoms with Gasteiger partial charge in [0, 0.05) is 33.2 Å². The largest absolute Gasteiger partial charge is 0.385 e. The number of imide groups is 2. The molecule has 2 N–H and O–H groups in total. The summed E-state index contributed by atoms with van der Waals surface area (Å²) in [6.07, 6.45) is 6.25. The average molecular weight is 484 g/mol. The number of amides is 4. The lowest BCUT2D eigenvalue weighted by atomic mass is 9.82. The predicted octanol–water partition coefficient (Wildman–Crippen LogP) is 1.58. The second-order valence-corrected chi connectivity index (χ2v) is 10.4. The lowest BCUT2D eigenvalue weighted by Crippen LogP contribution is -2.54. The number of hydrogen-bond acceptors (Lipinski definition) is 7. The number of carbonyl (C=O) groups is 4. The molecule has 0 spiro atoms. The van der Waals surface area contributed by atoms with Crippen LogP contribution in [0, 0.1) is 5.92 Å². The number of aliphatic hydroxyl groups is 1. The van der Waals surface area contributed by atoms with Crippen LogP contribution >= 0.6 is 0 Å². The zero-order chi connectivity index (χ0) is 24.7. The van der Waals surface area contributed by atoms with Crippen LogP contribution in [0.25, 0.3) is 0 Å². The minimum absolute atomic E-state index is 0.0825. The predicted molar refractivity (Wildman–Crippen MR) is 125 cm³/mol. The second-order valence-electron chi connectivity index (χ2n) is 10.4. The standard InChI is InChI=1S/C26H33N3O6/c1-35-18-5-2-16(3-6-18)15-28-12-10-26(34,11-13-28)17-4-7-19-20(14-17)25(33)29(24(19)32)21-8-9-22(30)27-23(21)31/h4,7,14,16,18,21,34H,2-3,5-6,8-13,15H2,1H3,(H,27,30,31). The van der Waals surface area contributed by atoms with Gasteiger partial charge < -0.3 is 14.7 Å². The first-order valence-corrected chi connectivity index (χ1v) is 12.6. The van der Waals surface area contributed by atoms with Gasteiger partial charge in [-0.15, -0.1) is 0 Å². The minimum Gasteiger partial charge on any atom is -0.385 e. The lowest BCUT2D eigenvalue weighted by Gasteiger charge is -2.40. The van der Waals surface area contributed by atoms with E-state index in [2.05, 4.69) is 10.2 Å². The van der Waals surface area contributed by atoms with Gasteiger partial charge in [0.15, 0.2) is 0 Å². The molecule has 4 amide bonds. The number of ether oxygens (including phenoxy) is 1. The van der Waals surface area contributed by atoms with E-state index >= 15 is 0 Å². The van der Waals surface area contributed by atoms with Crippen LogP contribution in [0.4, 0.5) is 0 Å². The maximum Gasteiger partial charge on any atom is 0.262 e. The van der Waals surface area contributed by atoms with Crippen molar-refractivity contribution >= 4 is 23.6 Å². The van der Waals surface area contributed by atoms with Crippen LogP contribution in [0.15, 0.2) is 18.2 Å². The fraction of sp³-hybridized carbons (Fsp3) is 0.615. The number of hydrogen-bond donors (Lipinski definition) is 2. The molecule has 0 bridgehead atoms. The van der Waals surface area contributed by atoms with Gasteiger partial charge in [0.2, 0.25) is 11.8 Å². The summed E-state index contributed by atoms with van der Waals surface area (Å²) < 4.78 is 5.47. The highest BCUT2D eigenvalue weighted by Crippen LogP contribution is 2.37.